The Morgan fingerprint density at radius 1 is 1.26 bits per heavy atom. The molecule has 1 aromatic carbocycles. The van der Waals surface area contributed by atoms with Gasteiger partial charge < -0.3 is 9.47 Å². The van der Waals surface area contributed by atoms with Crippen molar-refractivity contribution in [3.8, 4) is 5.75 Å². The zero-order chi connectivity index (χ0) is 14.8. The van der Waals surface area contributed by atoms with Crippen LogP contribution in [0, 0.1) is 0 Å². The average molecular weight is 307 g/mol. The molecule has 0 amide bonds. The predicted molar refractivity (Wildman–Crippen MR) is 71.1 cm³/mol. The van der Waals surface area contributed by atoms with Gasteiger partial charge in [-0.25, -0.2) is 8.42 Å². The van der Waals surface area contributed by atoms with E-state index in [0.717, 1.165) is 0 Å². The van der Waals surface area contributed by atoms with Gasteiger partial charge in [-0.1, -0.05) is 6.07 Å². The number of benzene rings is 1. The Bertz CT molecular complexity index is 592. The highest BCUT2D eigenvalue weighted by Crippen LogP contribution is 2.33. The van der Waals surface area contributed by atoms with Crippen molar-refractivity contribution in [2.24, 2.45) is 0 Å². The van der Waals surface area contributed by atoms with Crippen LogP contribution in [0.4, 0.5) is 0 Å². The fourth-order valence-corrected chi connectivity index (χ4v) is 2.63. The number of carbonyl (C=O) groups excluding carboxylic acids is 1. The maximum Gasteiger partial charge on any atom is 0.315 e. The van der Waals surface area contributed by atoms with E-state index in [4.69, 9.17) is 20.2 Å². The molecule has 5 nitrogen and oxygen atoms in total. The smallest absolute Gasteiger partial charge is 0.315 e. The van der Waals surface area contributed by atoms with Crippen molar-refractivity contribution in [2.45, 2.75) is 24.2 Å². The lowest BCUT2D eigenvalue weighted by Gasteiger charge is -2.22. The van der Waals surface area contributed by atoms with Crippen molar-refractivity contribution in [1.29, 1.82) is 0 Å². The van der Waals surface area contributed by atoms with Crippen LogP contribution in [0.25, 0.3) is 0 Å². The molecule has 0 aliphatic carbocycles. The minimum Gasteiger partial charge on any atom is -0.495 e. The van der Waals surface area contributed by atoms with Gasteiger partial charge in [0.15, 0.2) is 0 Å². The third kappa shape index (κ3) is 3.19. The summed E-state index contributed by atoms with van der Waals surface area (Å²) in [6, 6.07) is 4.28. The van der Waals surface area contributed by atoms with Gasteiger partial charge in [0.2, 0.25) is 0 Å². The predicted octanol–water partition coefficient (Wildman–Crippen LogP) is 2.07. The Morgan fingerprint density at radius 3 is 2.26 bits per heavy atom. The van der Waals surface area contributed by atoms with E-state index in [9.17, 15) is 13.2 Å². The lowest BCUT2D eigenvalue weighted by molar-refractivity contribution is -0.146. The molecule has 0 unspecified atom stereocenters. The summed E-state index contributed by atoms with van der Waals surface area (Å²) >= 11 is 0. The van der Waals surface area contributed by atoms with Gasteiger partial charge in [0, 0.05) is 10.7 Å². The second kappa shape index (κ2) is 5.38. The van der Waals surface area contributed by atoms with Gasteiger partial charge in [-0.2, -0.15) is 0 Å². The van der Waals surface area contributed by atoms with Gasteiger partial charge in [0.25, 0.3) is 9.05 Å². The summed E-state index contributed by atoms with van der Waals surface area (Å²) in [6.07, 6.45) is 0. The summed E-state index contributed by atoms with van der Waals surface area (Å²) in [6.45, 7) is 3.34. The maximum atomic E-state index is 11.7. The quantitative estimate of drug-likeness (QED) is 0.629. The summed E-state index contributed by atoms with van der Waals surface area (Å²) in [5.74, 6) is -0.347. The Labute approximate surface area is 116 Å². The van der Waals surface area contributed by atoms with Crippen LogP contribution < -0.4 is 4.74 Å². The standard InChI is InChI=1S/C12H15ClO5S/c1-12(2,11(14)18-4)8-5-6-10(19(13,15)16)9(7-8)17-3/h5-7H,1-4H3. The van der Waals surface area contributed by atoms with Crippen molar-refractivity contribution in [3.05, 3.63) is 23.8 Å². The van der Waals surface area contributed by atoms with Crippen molar-refractivity contribution in [3.63, 3.8) is 0 Å². The first kappa shape index (κ1) is 15.8. The van der Waals surface area contributed by atoms with E-state index in [-0.39, 0.29) is 10.6 Å². The topological polar surface area (TPSA) is 69.7 Å². The van der Waals surface area contributed by atoms with Gasteiger partial charge in [0.05, 0.1) is 19.6 Å². The van der Waals surface area contributed by atoms with E-state index in [1.807, 2.05) is 0 Å². The minimum atomic E-state index is -3.90. The lowest BCUT2D eigenvalue weighted by Crippen LogP contribution is -2.30. The number of rotatable bonds is 4. The zero-order valence-electron chi connectivity index (χ0n) is 11.1. The molecule has 0 aromatic heterocycles. The molecule has 0 bridgehead atoms. The van der Waals surface area contributed by atoms with Gasteiger partial charge in [-0.15, -0.1) is 0 Å². The molecule has 0 fully saturated rings. The third-order valence-corrected chi connectivity index (χ3v) is 4.21. The summed E-state index contributed by atoms with van der Waals surface area (Å²) < 4.78 is 32.4. The molecular formula is C12H15ClO5S. The van der Waals surface area contributed by atoms with Crippen LogP contribution in [0.2, 0.25) is 0 Å². The van der Waals surface area contributed by atoms with E-state index in [1.54, 1.807) is 13.8 Å². The Morgan fingerprint density at radius 2 is 1.84 bits per heavy atom. The van der Waals surface area contributed by atoms with Crippen LogP contribution in [0.5, 0.6) is 5.75 Å². The van der Waals surface area contributed by atoms with E-state index in [1.165, 1.54) is 32.4 Å². The van der Waals surface area contributed by atoms with Gasteiger partial charge in [-0.3, -0.25) is 4.79 Å². The third-order valence-electron chi connectivity index (χ3n) is 2.84. The number of ether oxygens (including phenoxy) is 2. The van der Waals surface area contributed by atoms with E-state index in [2.05, 4.69) is 0 Å². The fraction of sp³-hybridized carbons (Fsp3) is 0.417. The van der Waals surface area contributed by atoms with Crippen LogP contribution in [0.15, 0.2) is 23.1 Å². The molecule has 0 N–H and O–H groups in total. The highest BCUT2D eigenvalue weighted by atomic mass is 35.7. The Kier molecular flexibility index (Phi) is 4.47. The molecule has 0 saturated heterocycles. The van der Waals surface area contributed by atoms with Crippen molar-refractivity contribution in [1.82, 2.24) is 0 Å². The van der Waals surface area contributed by atoms with Crippen LogP contribution >= 0.6 is 10.7 Å². The van der Waals surface area contributed by atoms with Gasteiger partial charge in [-0.05, 0) is 31.5 Å². The number of methoxy groups -OCH3 is 2. The van der Waals surface area contributed by atoms with Crippen LogP contribution in [0.1, 0.15) is 19.4 Å². The average Bonchev–Trinajstić information content (AvgIpc) is 2.35. The second-order valence-corrected chi connectivity index (χ2v) is 6.95. The first-order valence-corrected chi connectivity index (χ1v) is 7.67. The molecular weight excluding hydrogens is 292 g/mol. The molecule has 7 heteroatoms. The van der Waals surface area contributed by atoms with Gasteiger partial charge in [0.1, 0.15) is 10.6 Å². The zero-order valence-corrected chi connectivity index (χ0v) is 12.6. The lowest BCUT2D eigenvalue weighted by atomic mass is 9.84. The molecule has 0 saturated carbocycles. The summed E-state index contributed by atoms with van der Waals surface area (Å²) in [7, 11) is 4.02. The molecule has 0 spiro atoms. The molecule has 0 heterocycles. The maximum absolute atomic E-state index is 11.7. The SMILES string of the molecule is COC(=O)C(C)(C)c1ccc(S(=O)(=O)Cl)c(OC)c1. The van der Waals surface area contributed by atoms with Crippen molar-refractivity contribution < 1.29 is 22.7 Å². The largest absolute Gasteiger partial charge is 0.495 e. The number of hydrogen-bond donors (Lipinski definition) is 0. The molecule has 1 aromatic rings. The van der Waals surface area contributed by atoms with Crippen LogP contribution in [-0.2, 0) is 24.0 Å². The fourth-order valence-electron chi connectivity index (χ4n) is 1.63. The Hall–Kier alpha value is -1.27. The molecule has 0 radical (unpaired) electrons. The minimum absolute atomic E-state index is 0.0875. The van der Waals surface area contributed by atoms with E-state index >= 15 is 0 Å². The van der Waals surface area contributed by atoms with Crippen LogP contribution in [-0.4, -0.2) is 28.6 Å². The van der Waals surface area contributed by atoms with Crippen LogP contribution in [0.3, 0.4) is 0 Å². The summed E-state index contributed by atoms with van der Waals surface area (Å²) in [5.41, 5.74) is -0.350. The molecule has 106 valence electrons. The summed E-state index contributed by atoms with van der Waals surface area (Å²) in [5, 5.41) is 0. The van der Waals surface area contributed by atoms with Crippen molar-refractivity contribution in [2.75, 3.05) is 14.2 Å². The van der Waals surface area contributed by atoms with E-state index in [0.29, 0.717) is 5.56 Å². The number of halogens is 1. The first-order valence-electron chi connectivity index (χ1n) is 5.36. The first-order chi connectivity index (χ1) is 8.64. The molecule has 1 rings (SSSR count). The molecule has 19 heavy (non-hydrogen) atoms. The summed E-state index contributed by atoms with van der Waals surface area (Å²) in [4.78, 5) is 11.6. The normalized spacial score (nSPS) is 12.1. The molecule has 0 atom stereocenters. The Balaban J connectivity index is 3.40. The van der Waals surface area contributed by atoms with Crippen molar-refractivity contribution >= 4 is 25.7 Å². The number of carbonyl (C=O) groups is 1. The number of hydrogen-bond acceptors (Lipinski definition) is 5. The number of esters is 1. The van der Waals surface area contributed by atoms with Gasteiger partial charge >= 0.3 is 5.97 Å². The highest BCUT2D eigenvalue weighted by Gasteiger charge is 2.32. The van der Waals surface area contributed by atoms with E-state index < -0.39 is 20.4 Å². The monoisotopic (exact) mass is 306 g/mol. The molecule has 0 aliphatic heterocycles. The highest BCUT2D eigenvalue weighted by molar-refractivity contribution is 8.13. The second-order valence-electron chi connectivity index (χ2n) is 4.42. The molecule has 0 aliphatic rings.